The fourth-order valence-electron chi connectivity index (χ4n) is 21.9. The van der Waals surface area contributed by atoms with Crippen LogP contribution in [0.15, 0.2) is 94.6 Å². The van der Waals surface area contributed by atoms with E-state index in [9.17, 15) is 0 Å². The molecule has 3 aromatic rings. The first-order valence-corrected chi connectivity index (χ1v) is 35.2. The van der Waals surface area contributed by atoms with E-state index in [1.54, 1.807) is 44.9 Å². The summed E-state index contributed by atoms with van der Waals surface area (Å²) in [7, 11) is 0. The first-order valence-electron chi connectivity index (χ1n) is 35.2. The maximum atomic E-state index is 6.07. The van der Waals surface area contributed by atoms with E-state index in [4.69, 9.17) is 32.9 Å². The van der Waals surface area contributed by atoms with E-state index in [1.165, 1.54) is 146 Å². The van der Waals surface area contributed by atoms with E-state index in [0.29, 0.717) is 17.8 Å². The van der Waals surface area contributed by atoms with Crippen LogP contribution in [-0.2, 0) is 105 Å². The van der Waals surface area contributed by atoms with Crippen molar-refractivity contribution in [2.45, 2.75) is 216 Å². The molecule has 16 atom stereocenters. The Bertz CT molecular complexity index is 2800. The Morgan fingerprint density at radius 3 is 1.41 bits per heavy atom. The molecule has 0 aliphatic heterocycles. The SMILES string of the molecule is CC.CC.CC.CC.CC.[CH-]=C1C(=[CH-])C2C3CCC2C13.[CH-]=C1CC2CC3CCC2C(C3)C1=[CH-].[CH-]=CC1=[C-]C2CC3CCC2C(C1)C3.[Y].[Y].[Y].c1cc2c3c(cccc3c1)C1=C2CC2CC3CCC2C1C3.c1ccc2c(c1)CC1CC3CCC1C2C3. The van der Waals surface area contributed by atoms with E-state index >= 15 is 0 Å². The maximum Gasteiger partial charge on any atom is 0 e. The predicted molar refractivity (Wildman–Crippen MR) is 351 cm³/mol. The molecule has 20 bridgehead atoms. The number of benzene rings is 3. The average molecular weight is 1360 g/mol. The van der Waals surface area contributed by atoms with Crippen LogP contribution in [0.1, 0.15) is 232 Å². The molecule has 0 amide bonds. The predicted octanol–water partition coefficient (Wildman–Crippen LogP) is 22.7. The van der Waals surface area contributed by atoms with Gasteiger partial charge in [-0.1, -0.05) is 230 Å². The van der Waals surface area contributed by atoms with Crippen LogP contribution in [0.3, 0.4) is 0 Å². The van der Waals surface area contributed by atoms with Crippen molar-refractivity contribution >= 4 is 21.9 Å². The summed E-state index contributed by atoms with van der Waals surface area (Å²) in [4.78, 5) is 0. The molecule has 453 valence electrons. The van der Waals surface area contributed by atoms with Crippen molar-refractivity contribution in [2.24, 2.45) is 112 Å². The fraction of sp³-hybridized carbons (Fsp3) is 0.634. The van der Waals surface area contributed by atoms with Crippen molar-refractivity contribution in [3.05, 3.63) is 156 Å². The van der Waals surface area contributed by atoms with Gasteiger partial charge in [-0.2, -0.15) is 0 Å². The van der Waals surface area contributed by atoms with Crippen LogP contribution in [0.2, 0.25) is 0 Å². The van der Waals surface area contributed by atoms with E-state index in [-0.39, 0.29) is 98.1 Å². The third-order valence-electron chi connectivity index (χ3n) is 24.7. The van der Waals surface area contributed by atoms with Gasteiger partial charge in [-0.05, 0) is 168 Å². The summed E-state index contributed by atoms with van der Waals surface area (Å²) in [6.07, 6.45) is 36.7. The zero-order valence-electron chi connectivity index (χ0n) is 55.1. The number of rotatable bonds is 1. The van der Waals surface area contributed by atoms with E-state index in [0.717, 1.165) is 129 Å². The monoisotopic (exact) mass is 1360 g/mol. The van der Waals surface area contributed by atoms with Gasteiger partial charge >= 0.3 is 0 Å². The zero-order valence-corrected chi connectivity index (χ0v) is 63.6. The Labute approximate surface area is 598 Å². The molecule has 22 aliphatic carbocycles. The van der Waals surface area contributed by atoms with Gasteiger partial charge in [-0.25, -0.2) is 0 Å². The Morgan fingerprint density at radius 1 is 0.412 bits per heavy atom. The molecule has 18 fully saturated rings. The molecule has 0 nitrogen and oxygen atoms in total. The van der Waals surface area contributed by atoms with Crippen LogP contribution >= 0.6 is 0 Å². The van der Waals surface area contributed by atoms with Crippen molar-refractivity contribution in [2.75, 3.05) is 0 Å². The first kappa shape index (κ1) is 71.8. The van der Waals surface area contributed by atoms with Crippen LogP contribution in [0.4, 0.5) is 0 Å². The second-order valence-corrected chi connectivity index (χ2v) is 27.6. The van der Waals surface area contributed by atoms with Gasteiger partial charge in [0.05, 0.1) is 0 Å². The standard InChI is InChI=1S/C21H20.C15H18.2C13H16.C10H10.5C2H6.3Y/c1-3-13-4-2-6-17-20(13)16(5-1)19-11-14-9-12-7-8-15(14)18(10-12)21(17)19;1-2-4-13-11(3-1)9-12-7-10-5-6-14(12)15(13)8-10;1-8-5-11-6-10-3-4-12(11)13(7-10)9(8)2;1-2-9-5-11-7-10-3-4-13(11)12(6-9)8-10;1-5-6(2)10-7-3-4-8(10)9(5)7;5*1-2;;;/h1-6,12,14-15,18H,7-11H2;1-4,10,12,14-15H,5-9H2;1-2,10-13H,3-7H2;1-2,10-13H,3-5,7-8H2;1-2,7-10H,3-4H2;5*1-2H3;;;/q;;3*-2;;;;;;;;. The summed E-state index contributed by atoms with van der Waals surface area (Å²) in [5.41, 5.74) is 15.5. The Morgan fingerprint density at radius 2 is 0.871 bits per heavy atom. The molecule has 3 radical (unpaired) electrons. The number of hydrogen-bond donors (Lipinski definition) is 0. The number of hydrogen-bond acceptors (Lipinski definition) is 0. The van der Waals surface area contributed by atoms with Gasteiger partial charge in [0.2, 0.25) is 0 Å². The van der Waals surface area contributed by atoms with Crippen LogP contribution in [0, 0.1) is 151 Å². The minimum Gasteiger partial charge on any atom is -0.394 e. The van der Waals surface area contributed by atoms with Crippen LogP contribution < -0.4 is 0 Å². The molecular formula is C82H110Y3-6. The molecule has 0 spiro atoms. The van der Waals surface area contributed by atoms with Gasteiger partial charge in [0.25, 0.3) is 0 Å². The summed E-state index contributed by atoms with van der Waals surface area (Å²) < 4.78 is 0. The molecule has 25 rings (SSSR count). The molecule has 3 heteroatoms. The maximum absolute atomic E-state index is 6.07. The van der Waals surface area contributed by atoms with E-state index in [2.05, 4.69) is 66.7 Å². The molecule has 22 aliphatic rings. The third kappa shape index (κ3) is 13.6. The topological polar surface area (TPSA) is 0 Å². The summed E-state index contributed by atoms with van der Waals surface area (Å²) in [6, 6.07) is 23.1. The Kier molecular flexibility index (Phi) is 27.3. The number of allylic oxidation sites excluding steroid dienone is 9. The largest absolute Gasteiger partial charge is 0.394 e. The van der Waals surface area contributed by atoms with Gasteiger partial charge in [-0.3, -0.25) is 0 Å². The third-order valence-corrected chi connectivity index (χ3v) is 24.7. The molecule has 0 saturated heterocycles. The average Bonchev–Trinajstić information content (AvgIpc) is 2.01. The first-order chi connectivity index (χ1) is 40.2. The fourth-order valence-corrected chi connectivity index (χ4v) is 21.9. The summed E-state index contributed by atoms with van der Waals surface area (Å²) >= 11 is 0. The van der Waals surface area contributed by atoms with Gasteiger partial charge in [0.1, 0.15) is 0 Å². The normalized spacial score (nSPS) is 37.6. The minimum absolute atomic E-state index is 0. The molecule has 0 N–H and O–H groups in total. The van der Waals surface area contributed by atoms with Crippen molar-refractivity contribution in [3.8, 4) is 0 Å². The Balaban J connectivity index is 0.000000148. The minimum atomic E-state index is 0. The van der Waals surface area contributed by atoms with Crippen molar-refractivity contribution in [1.82, 2.24) is 0 Å². The molecule has 0 aromatic heterocycles. The summed E-state index contributed by atoms with van der Waals surface area (Å²) in [5.74, 6) is 18.2. The van der Waals surface area contributed by atoms with Gasteiger partial charge in [0.15, 0.2) is 0 Å². The van der Waals surface area contributed by atoms with Crippen LogP contribution in [0.25, 0.3) is 21.9 Å². The van der Waals surface area contributed by atoms with Crippen molar-refractivity contribution in [1.29, 1.82) is 0 Å². The van der Waals surface area contributed by atoms with Gasteiger partial charge in [0, 0.05) is 98.1 Å². The quantitative estimate of drug-likeness (QED) is 0.213. The van der Waals surface area contributed by atoms with Gasteiger partial charge in [-0.15, -0.1) is 36.5 Å². The second-order valence-electron chi connectivity index (χ2n) is 27.6. The number of fused-ring (bicyclic) bond motifs is 9. The molecule has 0 heterocycles. The zero-order chi connectivity index (χ0) is 58.1. The molecule has 16 unspecified atom stereocenters. The summed E-state index contributed by atoms with van der Waals surface area (Å²) in [5, 5.41) is 3.01. The molecular weight excluding hydrogens is 1250 g/mol. The van der Waals surface area contributed by atoms with Gasteiger partial charge < -0.3 is 72.9 Å². The van der Waals surface area contributed by atoms with E-state index in [1.807, 2.05) is 69.2 Å². The van der Waals surface area contributed by atoms with Crippen LogP contribution in [0.5, 0.6) is 0 Å². The van der Waals surface area contributed by atoms with Crippen LogP contribution in [-0.4, -0.2) is 0 Å². The summed E-state index contributed by atoms with van der Waals surface area (Å²) in [6.45, 7) is 49.3. The van der Waals surface area contributed by atoms with E-state index < -0.39 is 0 Å². The smallest absolute Gasteiger partial charge is 0 e. The molecule has 85 heavy (non-hydrogen) atoms. The molecule has 3 aromatic carbocycles. The van der Waals surface area contributed by atoms with Crippen molar-refractivity contribution < 1.29 is 98.1 Å². The molecule has 18 saturated carbocycles. The second kappa shape index (κ2) is 32.3. The van der Waals surface area contributed by atoms with Crippen molar-refractivity contribution in [3.63, 3.8) is 0 Å². The Hall–Kier alpha value is -0.588.